The van der Waals surface area contributed by atoms with Crippen LogP contribution in [0.25, 0.3) is 10.2 Å². The number of hydrogen-bond acceptors (Lipinski definition) is 6. The van der Waals surface area contributed by atoms with Crippen molar-refractivity contribution in [2.45, 2.75) is 25.3 Å². The van der Waals surface area contributed by atoms with Crippen LogP contribution in [0.4, 0.5) is 10.2 Å². The van der Waals surface area contributed by atoms with Crippen molar-refractivity contribution in [1.29, 1.82) is 5.26 Å². The molecule has 0 bridgehead atoms. The van der Waals surface area contributed by atoms with Gasteiger partial charge in [-0.25, -0.2) is 14.4 Å². The number of fused-ring (bicyclic) bond motifs is 1. The van der Waals surface area contributed by atoms with Crippen molar-refractivity contribution in [2.24, 2.45) is 0 Å². The summed E-state index contributed by atoms with van der Waals surface area (Å²) < 4.78 is 150. The van der Waals surface area contributed by atoms with Crippen LogP contribution in [0.15, 0.2) is 30.5 Å². The average molecular weight is 418 g/mol. The van der Waals surface area contributed by atoms with E-state index in [1.165, 1.54) is 6.07 Å². The summed E-state index contributed by atoms with van der Waals surface area (Å²) in [6, 6.07) is -5.48. The van der Waals surface area contributed by atoms with E-state index in [0.29, 0.717) is 17.4 Å². The first-order chi connectivity index (χ1) is 19.4. The molecule has 0 aliphatic carbocycles. The van der Waals surface area contributed by atoms with Crippen molar-refractivity contribution in [1.82, 2.24) is 14.9 Å². The number of piperidine rings is 1. The maximum atomic E-state index is 14.2. The summed E-state index contributed by atoms with van der Waals surface area (Å²) in [4.78, 5) is 6.51. The molecule has 1 saturated heterocycles. The Balaban J connectivity index is 2.05. The highest BCUT2D eigenvalue weighted by atomic mass is 35.5. The van der Waals surface area contributed by atoms with Gasteiger partial charge in [0, 0.05) is 39.2 Å². The monoisotopic (exact) mass is 417 g/mol. The van der Waals surface area contributed by atoms with Gasteiger partial charge in [-0.3, -0.25) is 4.90 Å². The molecule has 3 heterocycles. The number of nitrogens with one attached hydrogen (secondary N) is 1. The van der Waals surface area contributed by atoms with Gasteiger partial charge in [0.15, 0.2) is 1.41 Å². The standard InChI is InChI=1S/C19H17ClFN5S/c20-17-8-15-18(23-11-24-19(15)27-17)25-14-3-5-26(6-4-14)10-12-1-2-16(21)13(7-12)9-22/h1-2,7-8,11,14H,3-6,10H2,(H,23,24,25)/i1D,3D2,4D2,5D2,6D2,7D,8D,10D2,11D,14D/hD. The fourth-order valence-corrected chi connectivity index (χ4v) is 2.94. The molecule has 1 fully saturated rings. The third-order valence-electron chi connectivity index (χ3n) is 3.11. The minimum Gasteiger partial charge on any atom is -0.367 e. The highest BCUT2D eigenvalue weighted by Gasteiger charge is 2.21. The molecule has 5 nitrogen and oxygen atoms in total. The first kappa shape index (κ1) is 7.28. The highest BCUT2D eigenvalue weighted by Crippen LogP contribution is 2.32. The summed E-state index contributed by atoms with van der Waals surface area (Å²) in [5.41, 5.74) is -2.40. The first-order valence-corrected chi connectivity index (χ1v) is 8.29. The van der Waals surface area contributed by atoms with E-state index in [0.717, 1.165) is 0 Å². The van der Waals surface area contributed by atoms with Crippen LogP contribution in [0.2, 0.25) is 5.75 Å². The van der Waals surface area contributed by atoms with Crippen LogP contribution in [-0.2, 0) is 6.50 Å². The molecule has 4 rings (SSSR count). The molecule has 8 heteroatoms. The second-order valence-electron chi connectivity index (χ2n) is 4.83. The van der Waals surface area contributed by atoms with E-state index in [1.807, 2.05) is 0 Å². The number of halogens is 2. The van der Waals surface area contributed by atoms with Gasteiger partial charge >= 0.3 is 0 Å². The number of anilines is 1. The molecule has 0 radical (unpaired) electrons. The van der Waals surface area contributed by atoms with Crippen LogP contribution >= 0.6 is 22.9 Å². The molecule has 3 aromatic rings. The Morgan fingerprint density at radius 1 is 1.56 bits per heavy atom. The fourth-order valence-electron chi connectivity index (χ4n) is 1.97. The van der Waals surface area contributed by atoms with Crippen LogP contribution in [0.3, 0.4) is 0 Å². The Bertz CT molecular complexity index is 1680. The molecule has 27 heavy (non-hydrogen) atoms. The smallest absolute Gasteiger partial charge is 0.162 e. The minimum absolute atomic E-state index is 0.206. The van der Waals surface area contributed by atoms with Crippen LogP contribution in [-0.4, -0.2) is 33.9 Å². The van der Waals surface area contributed by atoms with Gasteiger partial charge in [0.05, 0.1) is 20.8 Å². The lowest BCUT2D eigenvalue weighted by atomic mass is 10.0. The molecule has 1 N–H and O–H groups in total. The largest absolute Gasteiger partial charge is 0.367 e. The highest BCUT2D eigenvalue weighted by molar-refractivity contribution is 7.22. The fraction of sp³-hybridized carbons (Fsp3) is 0.316. The third-order valence-corrected chi connectivity index (χ3v) is 4.21. The Hall–Kier alpha value is -2.27. The maximum absolute atomic E-state index is 14.2. The van der Waals surface area contributed by atoms with Crippen molar-refractivity contribution in [3.8, 4) is 6.07 Å². The van der Waals surface area contributed by atoms with E-state index in [9.17, 15) is 9.65 Å². The Morgan fingerprint density at radius 3 is 3.15 bits per heavy atom. The van der Waals surface area contributed by atoms with Gasteiger partial charge in [0.25, 0.3) is 0 Å². The van der Waals surface area contributed by atoms with Gasteiger partial charge in [-0.05, 0) is 36.5 Å². The Morgan fingerprint density at radius 2 is 2.37 bits per heavy atom. The maximum Gasteiger partial charge on any atom is 0.162 e. The molecule has 0 saturated carbocycles. The van der Waals surface area contributed by atoms with E-state index in [1.54, 1.807) is 0 Å². The predicted octanol–water partition coefficient (Wildman–Crippen LogP) is 4.43. The normalized spacial score (nSPS) is 33.5. The van der Waals surface area contributed by atoms with Crippen molar-refractivity contribution in [2.75, 3.05) is 18.3 Å². The number of hydrogen-bond donors (Lipinski definition) is 1. The molecule has 2 aromatic heterocycles. The molecule has 0 spiro atoms. The number of benzene rings is 1. The Labute approximate surface area is 188 Å². The van der Waals surface area contributed by atoms with Gasteiger partial charge in [-0.15, -0.1) is 11.3 Å². The van der Waals surface area contributed by atoms with Gasteiger partial charge in [0.2, 0.25) is 0 Å². The van der Waals surface area contributed by atoms with Gasteiger partial charge in [-0.2, -0.15) is 5.26 Å². The molecule has 1 aromatic carbocycles. The minimum atomic E-state index is -4.13. The number of aromatic nitrogens is 2. The number of likely N-dealkylation sites (tertiary alicyclic amines) is 1. The summed E-state index contributed by atoms with van der Waals surface area (Å²) >= 11 is 6.61. The topological polar surface area (TPSA) is 64.8 Å². The SMILES string of the molecule is [2H]c1nc(N([2H])C2([2H])C([2H])([2H])C([2H])([2H])N(C([2H])([2H])c3c([2H])cc(F)c(C#N)c3[2H])C([2H])([2H])C2([2H])[2H])c2c([2H])c(Cl)sc2n1. The van der Waals surface area contributed by atoms with Crippen LogP contribution in [0.1, 0.15) is 44.4 Å². The third kappa shape index (κ3) is 4.03. The van der Waals surface area contributed by atoms with Gasteiger partial charge < -0.3 is 5.31 Å². The lowest BCUT2D eigenvalue weighted by Crippen LogP contribution is -2.38. The number of nitriles is 1. The van der Waals surface area contributed by atoms with Crippen LogP contribution < -0.4 is 5.31 Å². The molecule has 0 amide bonds. The zero-order chi connectivity index (χ0) is 33.0. The summed E-state index contributed by atoms with van der Waals surface area (Å²) in [7, 11) is 0. The zero-order valence-electron chi connectivity index (χ0n) is 29.0. The van der Waals surface area contributed by atoms with Crippen LogP contribution in [0, 0.1) is 17.1 Å². The number of thiophene rings is 1. The van der Waals surface area contributed by atoms with Gasteiger partial charge in [0.1, 0.15) is 30.2 Å². The predicted molar refractivity (Wildman–Crippen MR) is 105 cm³/mol. The van der Waals surface area contributed by atoms with Crippen molar-refractivity contribution in [3.63, 3.8) is 0 Å². The second-order valence-corrected chi connectivity index (χ2v) is 6.43. The van der Waals surface area contributed by atoms with Gasteiger partial charge in [-0.1, -0.05) is 17.6 Å². The van der Waals surface area contributed by atoms with E-state index < -0.39 is 95.7 Å². The van der Waals surface area contributed by atoms with Crippen molar-refractivity contribution in [3.05, 3.63) is 51.8 Å². The molecular weight excluding hydrogens is 385 g/mol. The van der Waals surface area contributed by atoms with E-state index in [2.05, 4.69) is 9.97 Å². The molecule has 1 aliphatic heterocycles. The molecule has 0 atom stereocenters. The molecule has 138 valence electrons. The Kier molecular flexibility index (Phi) is 2.09. The van der Waals surface area contributed by atoms with E-state index in [-0.39, 0.29) is 14.5 Å². The molecular formula is C19H17ClFN5S. The van der Waals surface area contributed by atoms with Crippen molar-refractivity contribution < 1.29 is 26.4 Å². The summed E-state index contributed by atoms with van der Waals surface area (Å²) in [5, 5.41) is 8.44. The first-order valence-electron chi connectivity index (χ1n) is 15.0. The lowest BCUT2D eigenvalue weighted by molar-refractivity contribution is 0.211. The number of nitrogens with zero attached hydrogens (tertiary/aromatic N) is 4. The summed E-state index contributed by atoms with van der Waals surface area (Å²) in [6.07, 6.45) is -9.11. The van der Waals surface area contributed by atoms with Crippen LogP contribution in [0.5, 0.6) is 0 Å². The van der Waals surface area contributed by atoms with Crippen molar-refractivity contribution >= 4 is 39.0 Å². The summed E-state index contributed by atoms with van der Waals surface area (Å²) in [6.45, 7) is -12.1. The van der Waals surface area contributed by atoms with E-state index >= 15 is 0 Å². The summed E-state index contributed by atoms with van der Waals surface area (Å²) in [5.74, 6) is -2.39. The molecule has 1 aliphatic rings. The lowest BCUT2D eigenvalue weighted by Gasteiger charge is -2.32. The molecule has 0 unspecified atom stereocenters. The number of rotatable bonds is 4. The zero-order valence-corrected chi connectivity index (χ0v) is 14.6. The average Bonchev–Trinajstić information content (AvgIpc) is 3.13. The van der Waals surface area contributed by atoms with E-state index in [4.69, 9.17) is 33.6 Å². The second kappa shape index (κ2) is 7.77. The quantitative estimate of drug-likeness (QED) is 0.680.